The molecule has 0 radical (unpaired) electrons. The Bertz CT molecular complexity index is 409. The van der Waals surface area contributed by atoms with Gasteiger partial charge in [-0.1, -0.05) is 13.8 Å². The topological polar surface area (TPSA) is 49.3 Å². The molecular weight excluding hydrogens is 214 g/mol. The number of rotatable bonds is 3. The van der Waals surface area contributed by atoms with Crippen LogP contribution in [-0.2, 0) is 0 Å². The number of hydrogen-bond acceptors (Lipinski definition) is 2. The smallest absolute Gasteiger partial charge is 0.335 e. The Morgan fingerprint density at radius 3 is 2.47 bits per heavy atom. The number of nitrogens with one attached hydrogen (secondary N) is 1. The van der Waals surface area contributed by atoms with Crippen molar-refractivity contribution in [3.8, 4) is 0 Å². The summed E-state index contributed by atoms with van der Waals surface area (Å²) in [6.07, 6.45) is 3.61. The lowest BCUT2D eigenvalue weighted by atomic mass is 9.92. The Hall–Kier alpha value is -1.51. The molecule has 17 heavy (non-hydrogen) atoms. The van der Waals surface area contributed by atoms with Crippen LogP contribution in [-0.4, -0.2) is 17.1 Å². The predicted octanol–water partition coefficient (Wildman–Crippen LogP) is 3.38. The molecule has 1 fully saturated rings. The molecule has 0 heterocycles. The Kier molecular flexibility index (Phi) is 3.09. The minimum atomic E-state index is -0.876. The second-order valence-electron chi connectivity index (χ2n) is 5.63. The molecule has 1 aromatic carbocycles. The van der Waals surface area contributed by atoms with Crippen LogP contribution in [0.3, 0.4) is 0 Å². The quantitative estimate of drug-likeness (QED) is 0.841. The first-order valence-corrected chi connectivity index (χ1v) is 6.06. The SMILES string of the molecule is CC1(C)CCC(Nc2ccc(C(=O)O)cc2)C1. The molecule has 0 spiro atoms. The van der Waals surface area contributed by atoms with Crippen molar-refractivity contribution in [3.63, 3.8) is 0 Å². The molecule has 3 heteroatoms. The van der Waals surface area contributed by atoms with E-state index in [0.717, 1.165) is 5.69 Å². The van der Waals surface area contributed by atoms with E-state index in [0.29, 0.717) is 17.0 Å². The summed E-state index contributed by atoms with van der Waals surface area (Å²) >= 11 is 0. The van der Waals surface area contributed by atoms with Crippen LogP contribution in [0.1, 0.15) is 43.5 Å². The van der Waals surface area contributed by atoms with Crippen LogP contribution in [0.4, 0.5) is 5.69 Å². The minimum absolute atomic E-state index is 0.335. The number of carbonyl (C=O) groups is 1. The molecule has 1 atom stereocenters. The number of carboxylic acids is 1. The van der Waals surface area contributed by atoms with E-state index in [1.54, 1.807) is 12.1 Å². The predicted molar refractivity (Wildman–Crippen MR) is 68.4 cm³/mol. The molecule has 1 aliphatic rings. The van der Waals surface area contributed by atoms with Gasteiger partial charge < -0.3 is 10.4 Å². The highest BCUT2D eigenvalue weighted by molar-refractivity contribution is 5.87. The van der Waals surface area contributed by atoms with Gasteiger partial charge in [-0.15, -0.1) is 0 Å². The van der Waals surface area contributed by atoms with Crippen LogP contribution in [0, 0.1) is 5.41 Å². The second-order valence-corrected chi connectivity index (χ2v) is 5.63. The van der Waals surface area contributed by atoms with Crippen LogP contribution < -0.4 is 5.32 Å². The summed E-state index contributed by atoms with van der Waals surface area (Å²) < 4.78 is 0. The highest BCUT2D eigenvalue weighted by atomic mass is 16.4. The van der Waals surface area contributed by atoms with E-state index in [1.807, 2.05) is 12.1 Å². The van der Waals surface area contributed by atoms with Gasteiger partial charge in [-0.2, -0.15) is 0 Å². The maximum absolute atomic E-state index is 10.7. The van der Waals surface area contributed by atoms with E-state index in [4.69, 9.17) is 5.11 Å². The zero-order chi connectivity index (χ0) is 12.5. The molecule has 0 aliphatic heterocycles. The van der Waals surface area contributed by atoms with Gasteiger partial charge in [0.05, 0.1) is 5.56 Å². The number of aromatic carboxylic acids is 1. The lowest BCUT2D eigenvalue weighted by Gasteiger charge is -2.18. The number of carboxylic acid groups (broad SMARTS) is 1. The van der Waals surface area contributed by atoms with Crippen molar-refractivity contribution in [2.24, 2.45) is 5.41 Å². The van der Waals surface area contributed by atoms with Crippen molar-refractivity contribution in [3.05, 3.63) is 29.8 Å². The Morgan fingerprint density at radius 2 is 2.00 bits per heavy atom. The third-order valence-electron chi connectivity index (χ3n) is 3.47. The monoisotopic (exact) mass is 233 g/mol. The zero-order valence-electron chi connectivity index (χ0n) is 10.4. The minimum Gasteiger partial charge on any atom is -0.478 e. The fourth-order valence-corrected chi connectivity index (χ4v) is 2.50. The van der Waals surface area contributed by atoms with Gasteiger partial charge in [0.15, 0.2) is 0 Å². The largest absolute Gasteiger partial charge is 0.478 e. The molecule has 1 unspecified atom stereocenters. The van der Waals surface area contributed by atoms with E-state index in [1.165, 1.54) is 19.3 Å². The van der Waals surface area contributed by atoms with E-state index in [2.05, 4.69) is 19.2 Å². The molecule has 92 valence electrons. The molecule has 0 saturated heterocycles. The summed E-state index contributed by atoms with van der Waals surface area (Å²) in [6.45, 7) is 4.59. The first-order valence-electron chi connectivity index (χ1n) is 6.06. The molecule has 1 saturated carbocycles. The lowest BCUT2D eigenvalue weighted by molar-refractivity contribution is 0.0697. The third kappa shape index (κ3) is 2.99. The summed E-state index contributed by atoms with van der Waals surface area (Å²) in [6, 6.07) is 7.49. The molecule has 0 aromatic heterocycles. The van der Waals surface area contributed by atoms with Gasteiger partial charge in [0.2, 0.25) is 0 Å². The van der Waals surface area contributed by atoms with Crippen LogP contribution in [0.5, 0.6) is 0 Å². The summed E-state index contributed by atoms with van der Waals surface area (Å²) in [4.78, 5) is 10.7. The molecule has 0 amide bonds. The first kappa shape index (κ1) is 12.0. The molecule has 2 rings (SSSR count). The van der Waals surface area contributed by atoms with Gasteiger partial charge in [-0.3, -0.25) is 0 Å². The fourth-order valence-electron chi connectivity index (χ4n) is 2.50. The normalized spacial score (nSPS) is 22.4. The van der Waals surface area contributed by atoms with E-state index < -0.39 is 5.97 Å². The third-order valence-corrected chi connectivity index (χ3v) is 3.47. The average molecular weight is 233 g/mol. The summed E-state index contributed by atoms with van der Waals surface area (Å²) in [5.41, 5.74) is 1.78. The van der Waals surface area contributed by atoms with Crippen molar-refractivity contribution in [1.82, 2.24) is 0 Å². The zero-order valence-corrected chi connectivity index (χ0v) is 10.4. The summed E-state index contributed by atoms with van der Waals surface area (Å²) in [5.74, 6) is -0.876. The average Bonchev–Trinajstić information content (AvgIpc) is 2.59. The van der Waals surface area contributed by atoms with Gasteiger partial charge in [0, 0.05) is 11.7 Å². The van der Waals surface area contributed by atoms with Gasteiger partial charge in [0.25, 0.3) is 0 Å². The van der Waals surface area contributed by atoms with Crippen LogP contribution in [0.25, 0.3) is 0 Å². The van der Waals surface area contributed by atoms with Crippen LogP contribution in [0.15, 0.2) is 24.3 Å². The van der Waals surface area contributed by atoms with Crippen LogP contribution >= 0.6 is 0 Å². The van der Waals surface area contributed by atoms with Crippen molar-refractivity contribution in [2.75, 3.05) is 5.32 Å². The summed E-state index contributed by atoms with van der Waals surface area (Å²) in [7, 11) is 0. The summed E-state index contributed by atoms with van der Waals surface area (Å²) in [5, 5.41) is 12.3. The molecule has 2 N–H and O–H groups in total. The van der Waals surface area contributed by atoms with E-state index >= 15 is 0 Å². The first-order chi connectivity index (χ1) is 7.96. The van der Waals surface area contributed by atoms with Crippen LogP contribution in [0.2, 0.25) is 0 Å². The molecule has 1 aliphatic carbocycles. The highest BCUT2D eigenvalue weighted by Crippen LogP contribution is 2.38. The van der Waals surface area contributed by atoms with Gasteiger partial charge in [0.1, 0.15) is 0 Å². The number of benzene rings is 1. The molecule has 1 aromatic rings. The van der Waals surface area contributed by atoms with Gasteiger partial charge >= 0.3 is 5.97 Å². The van der Waals surface area contributed by atoms with E-state index in [-0.39, 0.29) is 0 Å². The van der Waals surface area contributed by atoms with Crippen molar-refractivity contribution < 1.29 is 9.90 Å². The number of anilines is 1. The fraction of sp³-hybridized carbons (Fsp3) is 0.500. The van der Waals surface area contributed by atoms with Crippen molar-refractivity contribution in [2.45, 2.75) is 39.2 Å². The highest BCUT2D eigenvalue weighted by Gasteiger charge is 2.30. The van der Waals surface area contributed by atoms with Gasteiger partial charge in [-0.25, -0.2) is 4.79 Å². The van der Waals surface area contributed by atoms with E-state index in [9.17, 15) is 4.79 Å². The Morgan fingerprint density at radius 1 is 1.35 bits per heavy atom. The second kappa shape index (κ2) is 4.40. The maximum atomic E-state index is 10.7. The van der Waals surface area contributed by atoms with Gasteiger partial charge in [-0.05, 0) is 48.9 Å². The Balaban J connectivity index is 1.98. The maximum Gasteiger partial charge on any atom is 0.335 e. The molecule has 3 nitrogen and oxygen atoms in total. The van der Waals surface area contributed by atoms with Crippen molar-refractivity contribution >= 4 is 11.7 Å². The number of hydrogen-bond donors (Lipinski definition) is 2. The molecule has 0 bridgehead atoms. The standard InChI is InChI=1S/C14H19NO2/c1-14(2)8-7-12(9-14)15-11-5-3-10(4-6-11)13(16)17/h3-6,12,15H,7-9H2,1-2H3,(H,16,17). The van der Waals surface area contributed by atoms with Crippen molar-refractivity contribution in [1.29, 1.82) is 0 Å². The lowest BCUT2D eigenvalue weighted by Crippen LogP contribution is -2.17. The molecular formula is C14H19NO2. The Labute approximate surface area is 102 Å².